The van der Waals surface area contributed by atoms with Crippen molar-refractivity contribution in [3.8, 4) is 0 Å². The number of benzene rings is 1. The van der Waals surface area contributed by atoms with E-state index in [0.29, 0.717) is 16.1 Å². The number of pyridine rings is 1. The smallest absolute Gasteiger partial charge is 0.248 e. The molecule has 0 saturated heterocycles. The lowest BCUT2D eigenvalue weighted by molar-refractivity contribution is 0.1000. The highest BCUT2D eigenvalue weighted by molar-refractivity contribution is 7.84. The van der Waals surface area contributed by atoms with E-state index >= 15 is 0 Å². The van der Waals surface area contributed by atoms with Gasteiger partial charge in [0, 0.05) is 11.8 Å². The van der Waals surface area contributed by atoms with Gasteiger partial charge in [0.25, 0.3) is 0 Å². The maximum atomic E-state index is 12.2. The van der Waals surface area contributed by atoms with E-state index in [1.807, 2.05) is 0 Å². The van der Waals surface area contributed by atoms with Gasteiger partial charge in [-0.2, -0.15) is 0 Å². The normalized spacial score (nSPS) is 12.0. The first-order chi connectivity index (χ1) is 9.08. The number of nitrogen functional groups attached to an aromatic ring is 1. The highest BCUT2D eigenvalue weighted by Gasteiger charge is 2.10. The molecule has 1 aromatic carbocycles. The van der Waals surface area contributed by atoms with Crippen LogP contribution in [0, 0.1) is 0 Å². The van der Waals surface area contributed by atoms with E-state index < -0.39 is 16.7 Å². The van der Waals surface area contributed by atoms with Crippen LogP contribution in [-0.2, 0) is 16.6 Å². The Bertz CT molecular complexity index is 643. The van der Waals surface area contributed by atoms with E-state index in [1.165, 1.54) is 6.20 Å². The Hall–Kier alpha value is -2.21. The molecule has 1 atom stereocenters. The predicted molar refractivity (Wildman–Crippen MR) is 73.7 cm³/mol. The summed E-state index contributed by atoms with van der Waals surface area (Å²) in [6, 6.07) is 8.39. The van der Waals surface area contributed by atoms with Gasteiger partial charge in [0.2, 0.25) is 5.91 Å². The molecule has 0 fully saturated rings. The lowest BCUT2D eigenvalue weighted by Crippen LogP contribution is -2.11. The maximum absolute atomic E-state index is 12.2. The van der Waals surface area contributed by atoms with Crippen molar-refractivity contribution in [1.82, 2.24) is 4.98 Å². The van der Waals surface area contributed by atoms with Gasteiger partial charge in [-0.15, -0.1) is 0 Å². The van der Waals surface area contributed by atoms with Crippen molar-refractivity contribution in [2.45, 2.75) is 10.6 Å². The van der Waals surface area contributed by atoms with Crippen LogP contribution in [0.4, 0.5) is 5.69 Å². The predicted octanol–water partition coefficient (Wildman–Crippen LogP) is 1.07. The molecule has 5 nitrogen and oxygen atoms in total. The summed E-state index contributed by atoms with van der Waals surface area (Å²) in [5.74, 6) is -0.231. The van der Waals surface area contributed by atoms with Gasteiger partial charge in [-0.05, 0) is 23.8 Å². The molecule has 1 unspecified atom stereocenters. The third kappa shape index (κ3) is 3.17. The van der Waals surface area contributed by atoms with Crippen LogP contribution in [-0.4, -0.2) is 15.1 Å². The van der Waals surface area contributed by atoms with Crippen LogP contribution < -0.4 is 11.5 Å². The number of hydrogen-bond acceptors (Lipinski definition) is 4. The minimum absolute atomic E-state index is 0.273. The number of aromatic nitrogens is 1. The lowest BCUT2D eigenvalue weighted by Gasteiger charge is -2.06. The van der Waals surface area contributed by atoms with Crippen molar-refractivity contribution in [3.05, 3.63) is 53.9 Å². The van der Waals surface area contributed by atoms with E-state index in [1.54, 1.807) is 36.5 Å². The number of nitrogens with zero attached hydrogens (tertiary/aromatic N) is 1. The minimum Gasteiger partial charge on any atom is -0.396 e. The van der Waals surface area contributed by atoms with Crippen LogP contribution >= 0.6 is 0 Å². The van der Waals surface area contributed by atoms with Gasteiger partial charge in [0.05, 0.1) is 33.3 Å². The summed E-state index contributed by atoms with van der Waals surface area (Å²) < 4.78 is 12.2. The summed E-state index contributed by atoms with van der Waals surface area (Å²) >= 11 is 0. The Kier molecular flexibility index (Phi) is 3.91. The van der Waals surface area contributed by atoms with Crippen molar-refractivity contribution >= 4 is 22.4 Å². The van der Waals surface area contributed by atoms with E-state index in [0.717, 1.165) is 5.56 Å². The van der Waals surface area contributed by atoms with E-state index in [9.17, 15) is 9.00 Å². The fraction of sp³-hybridized carbons (Fsp3) is 0.0769. The molecule has 1 amide bonds. The Morgan fingerprint density at radius 1 is 1.32 bits per heavy atom. The van der Waals surface area contributed by atoms with Crippen molar-refractivity contribution in [3.63, 3.8) is 0 Å². The molecule has 98 valence electrons. The molecule has 4 N–H and O–H groups in total. The molecule has 6 heteroatoms. The molecule has 0 saturated carbocycles. The van der Waals surface area contributed by atoms with Crippen LogP contribution in [0.3, 0.4) is 0 Å². The number of amides is 1. The zero-order valence-electron chi connectivity index (χ0n) is 10.1. The highest BCUT2D eigenvalue weighted by Crippen LogP contribution is 2.18. The second-order valence-corrected chi connectivity index (χ2v) is 5.39. The molecule has 19 heavy (non-hydrogen) atoms. The van der Waals surface area contributed by atoms with Gasteiger partial charge >= 0.3 is 0 Å². The van der Waals surface area contributed by atoms with Crippen LogP contribution in [0.2, 0.25) is 0 Å². The lowest BCUT2D eigenvalue weighted by atomic mass is 10.1. The Balaban J connectivity index is 2.22. The molecule has 0 aliphatic rings. The topological polar surface area (TPSA) is 99.1 Å². The number of primary amides is 1. The Labute approximate surface area is 113 Å². The third-order valence-corrected chi connectivity index (χ3v) is 4.02. The monoisotopic (exact) mass is 275 g/mol. The van der Waals surface area contributed by atoms with Crippen LogP contribution in [0.5, 0.6) is 0 Å². The maximum Gasteiger partial charge on any atom is 0.248 e. The molecular weight excluding hydrogens is 262 g/mol. The van der Waals surface area contributed by atoms with Crippen molar-refractivity contribution in [2.75, 3.05) is 5.73 Å². The summed E-state index contributed by atoms with van der Waals surface area (Å²) in [4.78, 5) is 15.5. The molecule has 0 aliphatic heterocycles. The summed E-state index contributed by atoms with van der Waals surface area (Å²) in [7, 11) is -1.28. The molecule has 2 aromatic rings. The highest BCUT2D eigenvalue weighted by atomic mass is 32.2. The Morgan fingerprint density at radius 3 is 2.79 bits per heavy atom. The summed E-state index contributed by atoms with van der Waals surface area (Å²) in [6.07, 6.45) is 3.01. The zero-order valence-corrected chi connectivity index (χ0v) is 10.9. The average molecular weight is 275 g/mol. The molecular formula is C13H13N3O2S. The van der Waals surface area contributed by atoms with E-state index in [-0.39, 0.29) is 5.75 Å². The van der Waals surface area contributed by atoms with Gasteiger partial charge in [0.15, 0.2) is 0 Å². The number of hydrogen-bond donors (Lipinski definition) is 2. The summed E-state index contributed by atoms with van der Waals surface area (Å²) in [5, 5.41) is 0. The fourth-order valence-corrected chi connectivity index (χ4v) is 2.81. The van der Waals surface area contributed by atoms with Crippen LogP contribution in [0.1, 0.15) is 15.9 Å². The van der Waals surface area contributed by atoms with Crippen LogP contribution in [0.25, 0.3) is 0 Å². The van der Waals surface area contributed by atoms with Crippen LogP contribution in [0.15, 0.2) is 47.6 Å². The zero-order chi connectivity index (χ0) is 13.8. The van der Waals surface area contributed by atoms with Crippen molar-refractivity contribution in [2.24, 2.45) is 5.73 Å². The van der Waals surface area contributed by atoms with Gasteiger partial charge in [0.1, 0.15) is 0 Å². The molecule has 0 spiro atoms. The SMILES string of the molecule is NC(=O)c1cccc(CS(=O)c2ccncc2N)c1. The number of carbonyl (C=O) groups excluding carboxylic acids is 1. The molecule has 2 rings (SSSR count). The standard InChI is InChI=1S/C13H13N3O2S/c14-11-7-16-5-4-12(11)19(18)8-9-2-1-3-10(6-9)13(15)17/h1-7H,8,14H2,(H2,15,17). The first-order valence-corrected chi connectivity index (χ1v) is 6.86. The minimum atomic E-state index is -1.28. The molecule has 0 bridgehead atoms. The first-order valence-electron chi connectivity index (χ1n) is 5.54. The van der Waals surface area contributed by atoms with Gasteiger partial charge in [-0.25, -0.2) is 0 Å². The average Bonchev–Trinajstić information content (AvgIpc) is 2.39. The van der Waals surface area contributed by atoms with Crippen molar-refractivity contribution < 1.29 is 9.00 Å². The Morgan fingerprint density at radius 2 is 2.11 bits per heavy atom. The summed E-state index contributed by atoms with van der Waals surface area (Å²) in [5.41, 5.74) is 12.5. The quantitative estimate of drug-likeness (QED) is 0.871. The number of anilines is 1. The second-order valence-electron chi connectivity index (χ2n) is 3.97. The van der Waals surface area contributed by atoms with Gasteiger partial charge < -0.3 is 11.5 Å². The number of nitrogens with two attached hydrogens (primary N) is 2. The molecule has 0 aliphatic carbocycles. The van der Waals surface area contributed by atoms with E-state index in [2.05, 4.69) is 4.98 Å². The number of carbonyl (C=O) groups is 1. The first kappa shape index (κ1) is 13.2. The van der Waals surface area contributed by atoms with E-state index in [4.69, 9.17) is 11.5 Å². The van der Waals surface area contributed by atoms with Gasteiger partial charge in [-0.3, -0.25) is 14.0 Å². The molecule has 1 aromatic heterocycles. The van der Waals surface area contributed by atoms with Gasteiger partial charge in [-0.1, -0.05) is 12.1 Å². The number of rotatable bonds is 4. The fourth-order valence-electron chi connectivity index (χ4n) is 1.64. The van der Waals surface area contributed by atoms with Crippen molar-refractivity contribution in [1.29, 1.82) is 0 Å². The molecule has 1 heterocycles. The third-order valence-electron chi connectivity index (χ3n) is 2.56. The largest absolute Gasteiger partial charge is 0.396 e. The second kappa shape index (κ2) is 5.62. The molecule has 0 radical (unpaired) electrons. The summed E-state index contributed by atoms with van der Waals surface area (Å²) in [6.45, 7) is 0.